The lowest BCUT2D eigenvalue weighted by Gasteiger charge is -2.10. The maximum absolute atomic E-state index is 12.1. The average molecular weight is 379 g/mol. The van der Waals surface area contributed by atoms with Crippen LogP contribution in [-0.2, 0) is 4.84 Å². The number of rotatable bonds is 6. The van der Waals surface area contributed by atoms with Crippen LogP contribution in [0.25, 0.3) is 0 Å². The molecule has 9 heteroatoms. The lowest BCUT2D eigenvalue weighted by atomic mass is 10.3. The minimum Gasteiger partial charge on any atom is -0.439 e. The van der Waals surface area contributed by atoms with Crippen LogP contribution in [0.2, 0.25) is 0 Å². The van der Waals surface area contributed by atoms with Gasteiger partial charge in [-0.1, -0.05) is 24.3 Å². The quantitative estimate of drug-likeness (QED) is 0.567. The van der Waals surface area contributed by atoms with Gasteiger partial charge in [0.25, 0.3) is 0 Å². The van der Waals surface area contributed by atoms with Crippen LogP contribution in [-0.4, -0.2) is 29.0 Å². The van der Waals surface area contributed by atoms with Gasteiger partial charge in [0.1, 0.15) is 5.75 Å². The fraction of sp³-hybridized carbons (Fsp3) is 0.0526. The largest absolute Gasteiger partial charge is 0.439 e. The first-order chi connectivity index (χ1) is 13.6. The normalized spacial score (nSPS) is 10.0. The molecular weight excluding hydrogens is 362 g/mol. The van der Waals surface area contributed by atoms with Gasteiger partial charge in [0.15, 0.2) is 0 Å². The number of anilines is 2. The second-order valence-corrected chi connectivity index (χ2v) is 5.43. The van der Waals surface area contributed by atoms with Crippen LogP contribution in [0.4, 0.5) is 16.2 Å². The molecule has 3 N–H and O–H groups in total. The van der Waals surface area contributed by atoms with Crippen molar-refractivity contribution in [3.63, 3.8) is 0 Å². The van der Waals surface area contributed by atoms with E-state index in [1.807, 2.05) is 18.2 Å². The lowest BCUT2D eigenvalue weighted by molar-refractivity contribution is 0.0526. The highest BCUT2D eigenvalue weighted by Gasteiger charge is 2.11. The Hall–Kier alpha value is -3.98. The second kappa shape index (κ2) is 9.10. The molecule has 0 aliphatic carbocycles. The van der Waals surface area contributed by atoms with Crippen molar-refractivity contribution in [3.05, 3.63) is 72.7 Å². The molecule has 2 aromatic carbocycles. The Kier molecular flexibility index (Phi) is 6.11. The number of para-hydroxylation sites is 1. The summed E-state index contributed by atoms with van der Waals surface area (Å²) >= 11 is 0. The highest BCUT2D eigenvalue weighted by Crippen LogP contribution is 2.23. The number of hydroxylamine groups is 1. The van der Waals surface area contributed by atoms with Crippen LogP contribution < -0.4 is 20.9 Å². The molecular formula is C19H17N5O4. The van der Waals surface area contributed by atoms with E-state index >= 15 is 0 Å². The first-order valence-electron chi connectivity index (χ1n) is 8.21. The van der Waals surface area contributed by atoms with Crippen LogP contribution in [0.1, 0.15) is 10.6 Å². The Labute approximate surface area is 160 Å². The smallest absolute Gasteiger partial charge is 0.323 e. The average Bonchev–Trinajstić information content (AvgIpc) is 2.69. The zero-order valence-corrected chi connectivity index (χ0v) is 14.9. The number of aromatic nitrogens is 2. The number of benzene rings is 2. The van der Waals surface area contributed by atoms with Crippen LogP contribution >= 0.6 is 0 Å². The van der Waals surface area contributed by atoms with Crippen molar-refractivity contribution in [3.8, 4) is 11.6 Å². The van der Waals surface area contributed by atoms with Crippen molar-refractivity contribution in [2.75, 3.05) is 17.7 Å². The molecule has 0 spiro atoms. The number of carbonyl (C=O) groups excluding carboxylic acids is 2. The van der Waals surface area contributed by atoms with Crippen LogP contribution in [0.3, 0.4) is 0 Å². The van der Waals surface area contributed by atoms with Gasteiger partial charge in [0, 0.05) is 29.7 Å². The van der Waals surface area contributed by atoms with Gasteiger partial charge < -0.3 is 15.4 Å². The Morgan fingerprint density at radius 1 is 0.929 bits per heavy atom. The van der Waals surface area contributed by atoms with E-state index in [1.165, 1.54) is 19.4 Å². The molecule has 9 nitrogen and oxygen atoms in total. The van der Waals surface area contributed by atoms with E-state index in [9.17, 15) is 9.59 Å². The van der Waals surface area contributed by atoms with Crippen LogP contribution in [0.5, 0.6) is 11.6 Å². The van der Waals surface area contributed by atoms with Gasteiger partial charge in [-0.05, 0) is 24.3 Å². The molecule has 3 amide bonds. The highest BCUT2D eigenvalue weighted by molar-refractivity contribution is 5.99. The lowest BCUT2D eigenvalue weighted by Crippen LogP contribution is -2.24. The van der Waals surface area contributed by atoms with Crippen molar-refractivity contribution in [2.45, 2.75) is 0 Å². The Bertz CT molecular complexity index is 965. The summed E-state index contributed by atoms with van der Waals surface area (Å²) in [5, 5.41) is 5.44. The monoisotopic (exact) mass is 379 g/mol. The molecule has 0 saturated heterocycles. The summed E-state index contributed by atoms with van der Waals surface area (Å²) in [5.74, 6) is -0.103. The standard InChI is InChI=1S/C19H17N5O4/c1-27-24-18(25)17-20-11-10-16(23-17)28-15-9-5-8-14(12-15)22-19(26)21-13-6-3-2-4-7-13/h2-12H,1H3,(H,24,25)(H2,21,22,26). The molecule has 0 bridgehead atoms. The molecule has 0 fully saturated rings. The summed E-state index contributed by atoms with van der Waals surface area (Å²) in [4.78, 5) is 36.2. The van der Waals surface area contributed by atoms with Gasteiger partial charge in [-0.2, -0.15) is 4.98 Å². The molecule has 28 heavy (non-hydrogen) atoms. The van der Waals surface area contributed by atoms with Crippen LogP contribution in [0.15, 0.2) is 66.9 Å². The summed E-state index contributed by atoms with van der Waals surface area (Å²) < 4.78 is 5.64. The number of hydrogen-bond acceptors (Lipinski definition) is 6. The summed E-state index contributed by atoms with van der Waals surface area (Å²) in [5.41, 5.74) is 3.33. The van der Waals surface area contributed by atoms with Gasteiger partial charge in [0.2, 0.25) is 11.7 Å². The SMILES string of the molecule is CONC(=O)c1nccc(Oc2cccc(NC(=O)Nc3ccccc3)c2)n1. The first-order valence-corrected chi connectivity index (χ1v) is 8.21. The topological polar surface area (TPSA) is 114 Å². The van der Waals surface area contributed by atoms with Crippen molar-refractivity contribution in [2.24, 2.45) is 0 Å². The minimum atomic E-state index is -0.596. The summed E-state index contributed by atoms with van der Waals surface area (Å²) in [6.07, 6.45) is 1.39. The summed E-state index contributed by atoms with van der Waals surface area (Å²) in [7, 11) is 1.31. The third kappa shape index (κ3) is 5.26. The molecule has 1 heterocycles. The number of hydrogen-bond donors (Lipinski definition) is 3. The van der Waals surface area contributed by atoms with E-state index in [0.717, 1.165) is 0 Å². The molecule has 0 aliphatic rings. The number of ether oxygens (including phenoxy) is 1. The van der Waals surface area contributed by atoms with Crippen molar-refractivity contribution in [1.82, 2.24) is 15.4 Å². The molecule has 3 aromatic rings. The van der Waals surface area contributed by atoms with Crippen molar-refractivity contribution < 1.29 is 19.2 Å². The first kappa shape index (κ1) is 18.8. The van der Waals surface area contributed by atoms with E-state index < -0.39 is 5.91 Å². The Morgan fingerprint density at radius 2 is 1.68 bits per heavy atom. The predicted molar refractivity (Wildman–Crippen MR) is 102 cm³/mol. The zero-order valence-electron chi connectivity index (χ0n) is 14.9. The second-order valence-electron chi connectivity index (χ2n) is 5.43. The van der Waals surface area contributed by atoms with E-state index in [-0.39, 0.29) is 17.7 Å². The highest BCUT2D eigenvalue weighted by atomic mass is 16.6. The number of nitrogens with zero attached hydrogens (tertiary/aromatic N) is 2. The fourth-order valence-corrected chi connectivity index (χ4v) is 2.22. The molecule has 0 unspecified atom stereocenters. The van der Waals surface area contributed by atoms with Gasteiger partial charge in [-0.15, -0.1) is 0 Å². The van der Waals surface area contributed by atoms with E-state index in [2.05, 4.69) is 30.9 Å². The number of carbonyl (C=O) groups is 2. The number of amides is 3. The number of nitrogens with one attached hydrogen (secondary N) is 3. The molecule has 3 rings (SSSR count). The summed E-state index contributed by atoms with van der Waals surface area (Å²) in [6.45, 7) is 0. The maximum atomic E-state index is 12.1. The predicted octanol–water partition coefficient (Wildman–Crippen LogP) is 3.20. The Morgan fingerprint density at radius 3 is 2.46 bits per heavy atom. The third-order valence-electron chi connectivity index (χ3n) is 3.37. The van der Waals surface area contributed by atoms with Crippen molar-refractivity contribution >= 4 is 23.3 Å². The van der Waals surface area contributed by atoms with Gasteiger partial charge in [-0.3, -0.25) is 9.63 Å². The molecule has 0 aliphatic heterocycles. The maximum Gasteiger partial charge on any atom is 0.323 e. The van der Waals surface area contributed by atoms with Gasteiger partial charge >= 0.3 is 11.9 Å². The molecule has 0 saturated carbocycles. The van der Waals surface area contributed by atoms with Crippen LogP contribution in [0, 0.1) is 0 Å². The van der Waals surface area contributed by atoms with E-state index in [0.29, 0.717) is 17.1 Å². The zero-order chi connectivity index (χ0) is 19.8. The molecule has 1 aromatic heterocycles. The Balaban J connectivity index is 1.66. The summed E-state index contributed by atoms with van der Waals surface area (Å²) in [6, 6.07) is 17.0. The fourth-order valence-electron chi connectivity index (χ4n) is 2.22. The number of urea groups is 1. The molecule has 0 radical (unpaired) electrons. The van der Waals surface area contributed by atoms with Gasteiger partial charge in [0.05, 0.1) is 7.11 Å². The van der Waals surface area contributed by atoms with Gasteiger partial charge in [-0.25, -0.2) is 15.3 Å². The van der Waals surface area contributed by atoms with Crippen molar-refractivity contribution in [1.29, 1.82) is 0 Å². The molecule has 0 atom stereocenters. The van der Waals surface area contributed by atoms with E-state index in [4.69, 9.17) is 4.74 Å². The molecule has 142 valence electrons. The third-order valence-corrected chi connectivity index (χ3v) is 3.37. The minimum absolute atomic E-state index is 0.101. The van der Waals surface area contributed by atoms with E-state index in [1.54, 1.807) is 36.4 Å².